The summed E-state index contributed by atoms with van der Waals surface area (Å²) in [6, 6.07) is 0.498. The van der Waals surface area contributed by atoms with E-state index in [9.17, 15) is 9.59 Å². The number of rotatable bonds is 10. The van der Waals surface area contributed by atoms with Gasteiger partial charge in [0.1, 0.15) is 0 Å². The normalized spacial score (nSPS) is 33.2. The van der Waals surface area contributed by atoms with Gasteiger partial charge in [-0.3, -0.25) is 9.59 Å². The molecule has 2 amide bonds. The molecule has 4 saturated carbocycles. The van der Waals surface area contributed by atoms with Crippen molar-refractivity contribution < 1.29 is 19.1 Å². The summed E-state index contributed by atoms with van der Waals surface area (Å²) in [7, 11) is 0. The molecule has 29 heavy (non-hydrogen) atoms. The lowest BCUT2D eigenvalue weighted by atomic mass is 9.51. The summed E-state index contributed by atoms with van der Waals surface area (Å²) in [4.78, 5) is 24.7. The van der Waals surface area contributed by atoms with Crippen LogP contribution < -0.4 is 10.6 Å². The van der Waals surface area contributed by atoms with Gasteiger partial charge in [0.05, 0.1) is 23.7 Å². The lowest BCUT2D eigenvalue weighted by Gasteiger charge is -2.61. The first kappa shape index (κ1) is 21.4. The van der Waals surface area contributed by atoms with E-state index in [0.29, 0.717) is 23.7 Å². The first-order valence-corrected chi connectivity index (χ1v) is 12.6. The molecule has 0 heterocycles. The third-order valence-electron chi connectivity index (χ3n) is 8.01. The van der Waals surface area contributed by atoms with Crippen LogP contribution in [-0.2, 0) is 19.1 Å². The molecule has 4 aliphatic carbocycles. The highest BCUT2D eigenvalue weighted by Gasteiger charge is 2.60. The number of carbonyl (C=O) groups excluding carboxylic acids is 2. The Morgan fingerprint density at radius 2 is 1.24 bits per heavy atom. The summed E-state index contributed by atoms with van der Waals surface area (Å²) >= 11 is 1.41. The van der Waals surface area contributed by atoms with Gasteiger partial charge < -0.3 is 20.1 Å². The standard InChI is InChI=1S/C22H36N2O4S/c1-3-27-17-11-15(21(17)7-5-8-21)23-19(25)13-29-14-20(26)24-16-12-18(28-4-2)22(16)9-6-10-22/h15-18H,3-14H2,1-2H3,(H,23,25)(H,24,26). The fourth-order valence-electron chi connectivity index (χ4n) is 5.99. The number of hydrogen-bond donors (Lipinski definition) is 2. The molecule has 6 nitrogen and oxygen atoms in total. The second kappa shape index (κ2) is 8.75. The maximum atomic E-state index is 12.4. The number of ether oxygens (including phenoxy) is 2. The van der Waals surface area contributed by atoms with Crippen molar-refractivity contribution in [1.82, 2.24) is 10.6 Å². The molecule has 4 aliphatic rings. The molecule has 4 fully saturated rings. The predicted octanol–water partition coefficient (Wildman–Crippen LogP) is 2.65. The van der Waals surface area contributed by atoms with E-state index in [0.717, 1.165) is 51.7 Å². The highest BCUT2D eigenvalue weighted by molar-refractivity contribution is 8.00. The quantitative estimate of drug-likeness (QED) is 0.564. The van der Waals surface area contributed by atoms with Crippen molar-refractivity contribution in [3.63, 3.8) is 0 Å². The van der Waals surface area contributed by atoms with Gasteiger partial charge in [0, 0.05) is 36.1 Å². The number of carbonyl (C=O) groups is 2. The van der Waals surface area contributed by atoms with Crippen LogP contribution in [0.15, 0.2) is 0 Å². The number of thioether (sulfide) groups is 1. The Hall–Kier alpha value is -0.790. The van der Waals surface area contributed by atoms with E-state index in [1.165, 1.54) is 24.6 Å². The smallest absolute Gasteiger partial charge is 0.230 e. The molecular weight excluding hydrogens is 388 g/mol. The Morgan fingerprint density at radius 1 is 0.828 bits per heavy atom. The fourth-order valence-corrected chi connectivity index (χ4v) is 6.63. The molecule has 0 aromatic carbocycles. The van der Waals surface area contributed by atoms with Gasteiger partial charge >= 0.3 is 0 Å². The molecule has 7 heteroatoms. The molecule has 0 aromatic heterocycles. The third-order valence-corrected chi connectivity index (χ3v) is 8.94. The van der Waals surface area contributed by atoms with Gasteiger partial charge in [-0.05, 0) is 52.4 Å². The summed E-state index contributed by atoms with van der Waals surface area (Å²) in [6.07, 6.45) is 9.57. The molecule has 0 saturated heterocycles. The van der Waals surface area contributed by atoms with E-state index in [2.05, 4.69) is 10.6 Å². The van der Waals surface area contributed by atoms with Gasteiger partial charge in [0.25, 0.3) is 0 Å². The van der Waals surface area contributed by atoms with Crippen molar-refractivity contribution in [2.24, 2.45) is 10.8 Å². The minimum Gasteiger partial charge on any atom is -0.378 e. The van der Waals surface area contributed by atoms with E-state index >= 15 is 0 Å². The summed E-state index contributed by atoms with van der Waals surface area (Å²) in [5.41, 5.74) is 0.373. The van der Waals surface area contributed by atoms with Crippen molar-refractivity contribution in [3.8, 4) is 0 Å². The zero-order chi connectivity index (χ0) is 20.5. The van der Waals surface area contributed by atoms with E-state index in [4.69, 9.17) is 9.47 Å². The second-order valence-electron chi connectivity index (χ2n) is 9.27. The van der Waals surface area contributed by atoms with Gasteiger partial charge in [-0.2, -0.15) is 0 Å². The lowest BCUT2D eigenvalue weighted by molar-refractivity contribution is -0.175. The molecule has 2 spiro atoms. The highest BCUT2D eigenvalue weighted by atomic mass is 32.2. The van der Waals surface area contributed by atoms with E-state index in [1.54, 1.807) is 0 Å². The maximum Gasteiger partial charge on any atom is 0.230 e. The number of amides is 2. The molecule has 164 valence electrons. The average molecular weight is 425 g/mol. The van der Waals surface area contributed by atoms with Gasteiger partial charge in [-0.1, -0.05) is 12.8 Å². The fraction of sp³-hybridized carbons (Fsp3) is 0.909. The highest BCUT2D eigenvalue weighted by Crippen LogP contribution is 2.58. The molecule has 0 radical (unpaired) electrons. The van der Waals surface area contributed by atoms with Gasteiger partial charge in [-0.25, -0.2) is 0 Å². The van der Waals surface area contributed by atoms with Crippen molar-refractivity contribution in [2.45, 2.75) is 89.5 Å². The Morgan fingerprint density at radius 3 is 1.55 bits per heavy atom. The van der Waals surface area contributed by atoms with Crippen molar-refractivity contribution in [1.29, 1.82) is 0 Å². The predicted molar refractivity (Wildman–Crippen MR) is 114 cm³/mol. The van der Waals surface area contributed by atoms with Crippen LogP contribution in [-0.4, -0.2) is 60.8 Å². The van der Waals surface area contributed by atoms with Crippen molar-refractivity contribution in [2.75, 3.05) is 24.7 Å². The zero-order valence-electron chi connectivity index (χ0n) is 17.8. The number of nitrogens with one attached hydrogen (secondary N) is 2. The van der Waals surface area contributed by atoms with Crippen LogP contribution in [0.2, 0.25) is 0 Å². The summed E-state index contributed by atoms with van der Waals surface area (Å²) < 4.78 is 11.7. The van der Waals surface area contributed by atoms with Gasteiger partial charge in [0.15, 0.2) is 0 Å². The van der Waals surface area contributed by atoms with Gasteiger partial charge in [-0.15, -0.1) is 11.8 Å². The largest absolute Gasteiger partial charge is 0.378 e. The second-order valence-corrected chi connectivity index (χ2v) is 10.3. The number of hydrogen-bond acceptors (Lipinski definition) is 5. The van der Waals surface area contributed by atoms with E-state index in [1.807, 2.05) is 13.8 Å². The molecule has 4 rings (SSSR count). The molecule has 4 atom stereocenters. The third kappa shape index (κ3) is 3.83. The molecule has 0 aromatic rings. The van der Waals surface area contributed by atoms with Crippen molar-refractivity contribution >= 4 is 23.6 Å². The van der Waals surface area contributed by atoms with Crippen molar-refractivity contribution in [3.05, 3.63) is 0 Å². The summed E-state index contributed by atoms with van der Waals surface area (Å²) in [6.45, 7) is 5.55. The van der Waals surface area contributed by atoms with Gasteiger partial charge in [0.2, 0.25) is 11.8 Å². The molecule has 0 aliphatic heterocycles. The molecule has 2 N–H and O–H groups in total. The monoisotopic (exact) mass is 424 g/mol. The van der Waals surface area contributed by atoms with E-state index in [-0.39, 0.29) is 34.7 Å². The maximum absolute atomic E-state index is 12.4. The summed E-state index contributed by atoms with van der Waals surface area (Å²) in [5, 5.41) is 6.40. The summed E-state index contributed by atoms with van der Waals surface area (Å²) in [5.74, 6) is 0.780. The molecule has 4 unspecified atom stereocenters. The van der Waals surface area contributed by atoms with Crippen LogP contribution in [0.25, 0.3) is 0 Å². The van der Waals surface area contributed by atoms with Crippen LogP contribution in [0.4, 0.5) is 0 Å². The molecule has 0 bridgehead atoms. The Balaban J connectivity index is 1.14. The SMILES string of the molecule is CCOC1CC(NC(=O)CSCC(=O)NC2CC(OCC)C23CCC3)C12CCC2. The van der Waals surface area contributed by atoms with E-state index < -0.39 is 0 Å². The Kier molecular flexibility index (Phi) is 6.47. The average Bonchev–Trinajstić information content (AvgIpc) is 2.57. The van der Waals surface area contributed by atoms with Crippen LogP contribution >= 0.6 is 11.8 Å². The van der Waals surface area contributed by atoms with Crippen LogP contribution in [0.5, 0.6) is 0 Å². The minimum absolute atomic E-state index is 0.0459. The minimum atomic E-state index is 0.0459. The van der Waals surface area contributed by atoms with Crippen LogP contribution in [0, 0.1) is 10.8 Å². The van der Waals surface area contributed by atoms with Crippen LogP contribution in [0.3, 0.4) is 0 Å². The zero-order valence-corrected chi connectivity index (χ0v) is 18.7. The first-order chi connectivity index (χ1) is 14.0. The van der Waals surface area contributed by atoms with Crippen LogP contribution in [0.1, 0.15) is 65.2 Å². The first-order valence-electron chi connectivity index (χ1n) is 11.4. The Labute approximate surface area is 178 Å². The topological polar surface area (TPSA) is 76.7 Å². The lowest BCUT2D eigenvalue weighted by Crippen LogP contribution is -2.68. The Bertz CT molecular complexity index is 568. The molecular formula is C22H36N2O4S.